The lowest BCUT2D eigenvalue weighted by Gasteiger charge is -2.37. The number of amides is 2. The number of carbonyl (C=O) groups is 2. The predicted octanol–water partition coefficient (Wildman–Crippen LogP) is 2.77. The van der Waals surface area contributed by atoms with E-state index in [4.69, 9.17) is 0 Å². The fraction of sp³-hybridized carbons (Fsp3) is 0.571. The van der Waals surface area contributed by atoms with Crippen LogP contribution in [0.1, 0.15) is 32.1 Å². The maximum absolute atomic E-state index is 12.5. The Morgan fingerprint density at radius 1 is 1.45 bits per heavy atom. The molecule has 2 amide bonds. The quantitative estimate of drug-likeness (QED) is 0.899. The SMILES string of the molecule is CC(C)CC1NC(=O)C(C)N(Cc2cc(Br)cs2)C1=O. The molecule has 1 fully saturated rings. The molecule has 2 atom stereocenters. The lowest BCUT2D eigenvalue weighted by molar-refractivity contribution is -0.149. The lowest BCUT2D eigenvalue weighted by atomic mass is 9.99. The first-order valence-corrected chi connectivity index (χ1v) is 8.39. The number of nitrogens with one attached hydrogen (secondary N) is 1. The normalized spacial score (nSPS) is 23.4. The van der Waals surface area contributed by atoms with Gasteiger partial charge in [-0.2, -0.15) is 0 Å². The van der Waals surface area contributed by atoms with E-state index >= 15 is 0 Å². The molecule has 0 aromatic carbocycles. The van der Waals surface area contributed by atoms with Gasteiger partial charge in [0.25, 0.3) is 0 Å². The fourth-order valence-electron chi connectivity index (χ4n) is 2.34. The van der Waals surface area contributed by atoms with Gasteiger partial charge in [-0.25, -0.2) is 0 Å². The minimum atomic E-state index is -0.410. The number of hydrogen-bond acceptors (Lipinski definition) is 3. The molecule has 1 N–H and O–H groups in total. The molecule has 0 spiro atoms. The van der Waals surface area contributed by atoms with E-state index in [1.807, 2.05) is 11.4 Å². The zero-order chi connectivity index (χ0) is 14.9. The molecule has 0 aliphatic carbocycles. The third-order valence-electron chi connectivity index (χ3n) is 3.40. The number of carbonyl (C=O) groups excluding carboxylic acids is 2. The number of nitrogens with zero attached hydrogens (tertiary/aromatic N) is 1. The van der Waals surface area contributed by atoms with Gasteiger partial charge in [0.05, 0.1) is 6.54 Å². The molecule has 20 heavy (non-hydrogen) atoms. The number of thiophene rings is 1. The minimum absolute atomic E-state index is 0.0234. The summed E-state index contributed by atoms with van der Waals surface area (Å²) in [6.07, 6.45) is 0.682. The Bertz CT molecular complexity index is 515. The van der Waals surface area contributed by atoms with Crippen molar-refractivity contribution >= 4 is 39.1 Å². The topological polar surface area (TPSA) is 49.4 Å². The van der Waals surface area contributed by atoms with E-state index in [1.54, 1.807) is 23.2 Å². The molecule has 1 saturated heterocycles. The highest BCUT2D eigenvalue weighted by molar-refractivity contribution is 9.10. The van der Waals surface area contributed by atoms with Crippen molar-refractivity contribution in [2.24, 2.45) is 5.92 Å². The summed E-state index contributed by atoms with van der Waals surface area (Å²) in [5.74, 6) is 0.330. The Labute approximate surface area is 131 Å². The van der Waals surface area contributed by atoms with E-state index in [0.717, 1.165) is 9.35 Å². The van der Waals surface area contributed by atoms with Gasteiger partial charge < -0.3 is 10.2 Å². The number of halogens is 1. The van der Waals surface area contributed by atoms with Gasteiger partial charge in [-0.3, -0.25) is 9.59 Å². The Morgan fingerprint density at radius 2 is 2.15 bits per heavy atom. The van der Waals surface area contributed by atoms with Crippen molar-refractivity contribution in [3.05, 3.63) is 20.8 Å². The summed E-state index contributed by atoms with van der Waals surface area (Å²) in [4.78, 5) is 27.3. The first-order valence-electron chi connectivity index (χ1n) is 6.72. The Morgan fingerprint density at radius 3 is 2.70 bits per heavy atom. The first kappa shape index (κ1) is 15.5. The smallest absolute Gasteiger partial charge is 0.246 e. The molecule has 1 aliphatic rings. The maximum Gasteiger partial charge on any atom is 0.246 e. The Hall–Kier alpha value is -0.880. The molecule has 1 aromatic heterocycles. The molecular weight excluding hydrogens is 340 g/mol. The van der Waals surface area contributed by atoms with Crippen LogP contribution in [0, 0.1) is 5.92 Å². The number of hydrogen-bond donors (Lipinski definition) is 1. The highest BCUT2D eigenvalue weighted by Crippen LogP contribution is 2.24. The predicted molar refractivity (Wildman–Crippen MR) is 83.4 cm³/mol. The van der Waals surface area contributed by atoms with Crippen molar-refractivity contribution in [1.29, 1.82) is 0 Å². The van der Waals surface area contributed by atoms with E-state index in [1.165, 1.54) is 0 Å². The first-order chi connectivity index (χ1) is 9.38. The van der Waals surface area contributed by atoms with Crippen LogP contribution in [-0.4, -0.2) is 28.8 Å². The van der Waals surface area contributed by atoms with Gasteiger partial charge in [-0.05, 0) is 41.3 Å². The van der Waals surface area contributed by atoms with Crippen LogP contribution in [0.25, 0.3) is 0 Å². The highest BCUT2D eigenvalue weighted by atomic mass is 79.9. The lowest BCUT2D eigenvalue weighted by Crippen LogP contribution is -2.62. The van der Waals surface area contributed by atoms with Crippen molar-refractivity contribution in [1.82, 2.24) is 10.2 Å². The maximum atomic E-state index is 12.5. The van der Waals surface area contributed by atoms with E-state index in [9.17, 15) is 9.59 Å². The zero-order valence-electron chi connectivity index (χ0n) is 11.9. The summed E-state index contributed by atoms with van der Waals surface area (Å²) in [7, 11) is 0. The van der Waals surface area contributed by atoms with Gasteiger partial charge in [0.1, 0.15) is 12.1 Å². The summed E-state index contributed by atoms with van der Waals surface area (Å²) in [5.41, 5.74) is 0. The monoisotopic (exact) mass is 358 g/mol. The molecule has 2 rings (SSSR count). The average Bonchev–Trinajstić information content (AvgIpc) is 2.77. The van der Waals surface area contributed by atoms with Crippen LogP contribution in [0.3, 0.4) is 0 Å². The van der Waals surface area contributed by atoms with E-state index in [-0.39, 0.29) is 17.9 Å². The van der Waals surface area contributed by atoms with Gasteiger partial charge in [0.2, 0.25) is 11.8 Å². The number of rotatable bonds is 4. The van der Waals surface area contributed by atoms with E-state index < -0.39 is 6.04 Å². The molecule has 2 unspecified atom stereocenters. The minimum Gasteiger partial charge on any atom is -0.343 e. The summed E-state index contributed by atoms with van der Waals surface area (Å²) in [5, 5.41) is 4.82. The largest absolute Gasteiger partial charge is 0.343 e. The van der Waals surface area contributed by atoms with Gasteiger partial charge in [-0.15, -0.1) is 11.3 Å². The van der Waals surface area contributed by atoms with Crippen molar-refractivity contribution in [3.63, 3.8) is 0 Å². The fourth-order valence-corrected chi connectivity index (χ4v) is 3.79. The zero-order valence-corrected chi connectivity index (χ0v) is 14.3. The van der Waals surface area contributed by atoms with Crippen LogP contribution < -0.4 is 5.32 Å². The molecule has 0 bridgehead atoms. The van der Waals surface area contributed by atoms with Crippen molar-refractivity contribution < 1.29 is 9.59 Å². The summed E-state index contributed by atoms with van der Waals surface area (Å²) >= 11 is 5.00. The van der Waals surface area contributed by atoms with Gasteiger partial charge in [0, 0.05) is 14.7 Å². The molecular formula is C14H19BrN2O2S. The second-order valence-electron chi connectivity index (χ2n) is 5.56. The molecule has 4 nitrogen and oxygen atoms in total. The molecule has 1 aromatic rings. The molecule has 0 saturated carbocycles. The van der Waals surface area contributed by atoms with Crippen LogP contribution >= 0.6 is 27.3 Å². The molecule has 0 radical (unpaired) electrons. The van der Waals surface area contributed by atoms with Gasteiger partial charge in [-0.1, -0.05) is 13.8 Å². The van der Waals surface area contributed by atoms with Crippen LogP contribution in [0.15, 0.2) is 15.9 Å². The second kappa shape index (κ2) is 6.26. The third kappa shape index (κ3) is 3.41. The molecule has 6 heteroatoms. The second-order valence-corrected chi connectivity index (χ2v) is 7.48. The van der Waals surface area contributed by atoms with Gasteiger partial charge in [0.15, 0.2) is 0 Å². The average molecular weight is 359 g/mol. The standard InChI is InChI=1S/C14H19BrN2O2S/c1-8(2)4-12-14(19)17(9(3)13(18)16-12)6-11-5-10(15)7-20-11/h5,7-9,12H,4,6H2,1-3H3,(H,16,18). The summed E-state index contributed by atoms with van der Waals surface area (Å²) in [6.45, 7) is 6.39. The van der Waals surface area contributed by atoms with Crippen LogP contribution in [0.5, 0.6) is 0 Å². The van der Waals surface area contributed by atoms with Crippen LogP contribution in [0.2, 0.25) is 0 Å². The highest BCUT2D eigenvalue weighted by Gasteiger charge is 2.38. The van der Waals surface area contributed by atoms with Crippen molar-refractivity contribution in [3.8, 4) is 0 Å². The summed E-state index contributed by atoms with van der Waals surface area (Å²) < 4.78 is 1.01. The number of piperazine rings is 1. The Kier molecular flexibility index (Phi) is 4.86. The van der Waals surface area contributed by atoms with Gasteiger partial charge >= 0.3 is 0 Å². The third-order valence-corrected chi connectivity index (χ3v) is 5.08. The van der Waals surface area contributed by atoms with Crippen LogP contribution in [-0.2, 0) is 16.1 Å². The molecule has 2 heterocycles. The summed E-state index contributed by atoms with van der Waals surface area (Å²) in [6, 6.07) is 1.20. The van der Waals surface area contributed by atoms with E-state index in [2.05, 4.69) is 35.1 Å². The Balaban J connectivity index is 2.15. The molecule has 110 valence electrons. The van der Waals surface area contributed by atoms with E-state index in [0.29, 0.717) is 18.9 Å². The van der Waals surface area contributed by atoms with Crippen molar-refractivity contribution in [2.75, 3.05) is 0 Å². The van der Waals surface area contributed by atoms with Crippen molar-refractivity contribution in [2.45, 2.75) is 45.8 Å². The van der Waals surface area contributed by atoms with Crippen LogP contribution in [0.4, 0.5) is 0 Å². The molecule has 1 aliphatic heterocycles.